The van der Waals surface area contributed by atoms with Crippen molar-refractivity contribution in [1.29, 1.82) is 0 Å². The highest BCUT2D eigenvalue weighted by Gasteiger charge is 2.15. The SMILES string of the molecule is C=CC(=O)Nc1cc(Nc2nccc(-c3cn(C)c4ccccc34)n2)c(OC)cc1OC. The quantitative estimate of drug-likeness (QED) is 0.420. The average molecular weight is 429 g/mol. The first-order valence-corrected chi connectivity index (χ1v) is 9.88. The molecule has 0 aliphatic carbocycles. The first-order valence-electron chi connectivity index (χ1n) is 9.88. The van der Waals surface area contributed by atoms with Crippen LogP contribution in [0.4, 0.5) is 17.3 Å². The number of benzene rings is 2. The van der Waals surface area contributed by atoms with E-state index in [9.17, 15) is 4.79 Å². The number of nitrogens with zero attached hydrogens (tertiary/aromatic N) is 3. The van der Waals surface area contributed by atoms with E-state index in [2.05, 4.69) is 38.9 Å². The molecule has 0 atom stereocenters. The van der Waals surface area contributed by atoms with Gasteiger partial charge in [-0.05, 0) is 24.3 Å². The van der Waals surface area contributed by atoms with E-state index in [0.29, 0.717) is 28.8 Å². The lowest BCUT2D eigenvalue weighted by Crippen LogP contribution is -2.09. The Morgan fingerprint density at radius 1 is 1.09 bits per heavy atom. The van der Waals surface area contributed by atoms with E-state index < -0.39 is 0 Å². The van der Waals surface area contributed by atoms with Crippen LogP contribution in [-0.2, 0) is 11.8 Å². The zero-order chi connectivity index (χ0) is 22.7. The standard InChI is InChI=1S/C24H23N5O3/c1-5-23(30)26-18-12-19(22(32-4)13-21(18)31-3)28-24-25-11-10-17(27-24)16-14-29(2)20-9-7-6-8-15(16)20/h5-14H,1H2,2-4H3,(H,26,30)(H,25,27,28). The Bertz CT molecular complexity index is 1310. The Labute approximate surface area is 185 Å². The van der Waals surface area contributed by atoms with Crippen molar-refractivity contribution in [1.82, 2.24) is 14.5 Å². The first-order chi connectivity index (χ1) is 15.5. The predicted molar refractivity (Wildman–Crippen MR) is 126 cm³/mol. The zero-order valence-corrected chi connectivity index (χ0v) is 18.0. The molecule has 0 radical (unpaired) electrons. The summed E-state index contributed by atoms with van der Waals surface area (Å²) in [7, 11) is 5.07. The molecule has 2 N–H and O–H groups in total. The van der Waals surface area contributed by atoms with E-state index >= 15 is 0 Å². The molecule has 2 aromatic heterocycles. The number of rotatable bonds is 7. The first kappa shape index (κ1) is 20.9. The van der Waals surface area contributed by atoms with Gasteiger partial charge in [-0.1, -0.05) is 24.8 Å². The van der Waals surface area contributed by atoms with Crippen LogP contribution in [0.5, 0.6) is 11.5 Å². The van der Waals surface area contributed by atoms with Gasteiger partial charge in [-0.3, -0.25) is 4.79 Å². The maximum absolute atomic E-state index is 11.8. The van der Waals surface area contributed by atoms with Gasteiger partial charge in [0.05, 0.1) is 31.3 Å². The Morgan fingerprint density at radius 3 is 2.59 bits per heavy atom. The van der Waals surface area contributed by atoms with E-state index in [4.69, 9.17) is 14.5 Å². The van der Waals surface area contributed by atoms with Crippen LogP contribution in [0.3, 0.4) is 0 Å². The summed E-state index contributed by atoms with van der Waals surface area (Å²) in [5.41, 5.74) is 3.95. The van der Waals surface area contributed by atoms with Crippen molar-refractivity contribution in [2.75, 3.05) is 24.9 Å². The summed E-state index contributed by atoms with van der Waals surface area (Å²) in [6.07, 6.45) is 4.93. The Kier molecular flexibility index (Phi) is 5.76. The Morgan fingerprint density at radius 2 is 1.84 bits per heavy atom. The highest BCUT2D eigenvalue weighted by Crippen LogP contribution is 2.38. The van der Waals surface area contributed by atoms with Crippen molar-refractivity contribution < 1.29 is 14.3 Å². The molecule has 32 heavy (non-hydrogen) atoms. The minimum atomic E-state index is -0.353. The topological polar surface area (TPSA) is 90.3 Å². The van der Waals surface area contributed by atoms with Gasteiger partial charge in [0.2, 0.25) is 11.9 Å². The van der Waals surface area contributed by atoms with Crippen LogP contribution in [0.25, 0.3) is 22.2 Å². The van der Waals surface area contributed by atoms with Crippen LogP contribution in [0, 0.1) is 0 Å². The lowest BCUT2D eigenvalue weighted by atomic mass is 10.1. The van der Waals surface area contributed by atoms with E-state index in [-0.39, 0.29) is 5.91 Å². The zero-order valence-electron chi connectivity index (χ0n) is 18.0. The fraction of sp³-hybridized carbons (Fsp3) is 0.125. The number of aromatic nitrogens is 3. The van der Waals surface area contributed by atoms with E-state index in [1.54, 1.807) is 25.4 Å². The second-order valence-corrected chi connectivity index (χ2v) is 7.01. The summed E-state index contributed by atoms with van der Waals surface area (Å²) in [5, 5.41) is 7.02. The van der Waals surface area contributed by atoms with Crippen LogP contribution in [-0.4, -0.2) is 34.7 Å². The average Bonchev–Trinajstić information content (AvgIpc) is 3.16. The number of nitrogens with one attached hydrogen (secondary N) is 2. The lowest BCUT2D eigenvalue weighted by molar-refractivity contribution is -0.111. The number of carbonyl (C=O) groups is 1. The number of anilines is 3. The summed E-state index contributed by atoms with van der Waals surface area (Å²) in [6.45, 7) is 3.48. The molecule has 0 aliphatic rings. The van der Waals surface area contributed by atoms with Crippen molar-refractivity contribution in [3.8, 4) is 22.8 Å². The maximum Gasteiger partial charge on any atom is 0.247 e. The number of ether oxygens (including phenoxy) is 2. The molecule has 8 nitrogen and oxygen atoms in total. The molecule has 0 unspecified atom stereocenters. The third-order valence-corrected chi connectivity index (χ3v) is 5.04. The van der Waals surface area contributed by atoms with Crippen LogP contribution in [0.15, 0.2) is 67.5 Å². The van der Waals surface area contributed by atoms with E-state index in [0.717, 1.165) is 22.2 Å². The fourth-order valence-electron chi connectivity index (χ4n) is 3.51. The summed E-state index contributed by atoms with van der Waals surface area (Å²) in [5.74, 6) is 0.999. The van der Waals surface area contributed by atoms with Gasteiger partial charge in [0.1, 0.15) is 11.5 Å². The number of aryl methyl sites for hydroxylation is 1. The van der Waals surface area contributed by atoms with Gasteiger partial charge >= 0.3 is 0 Å². The predicted octanol–water partition coefficient (Wildman–Crippen LogP) is 4.52. The summed E-state index contributed by atoms with van der Waals surface area (Å²) >= 11 is 0. The van der Waals surface area contributed by atoms with Gasteiger partial charge < -0.3 is 24.7 Å². The number of para-hydroxylation sites is 1. The normalized spacial score (nSPS) is 10.6. The van der Waals surface area contributed by atoms with Crippen molar-refractivity contribution >= 4 is 34.1 Å². The number of methoxy groups -OCH3 is 2. The second kappa shape index (κ2) is 8.81. The molecule has 0 spiro atoms. The number of hydrogen-bond acceptors (Lipinski definition) is 6. The minimum Gasteiger partial charge on any atom is -0.494 e. The number of amides is 1. The molecule has 4 rings (SSSR count). The molecule has 0 saturated heterocycles. The third-order valence-electron chi connectivity index (χ3n) is 5.04. The second-order valence-electron chi connectivity index (χ2n) is 7.01. The molecule has 0 fully saturated rings. The van der Waals surface area contributed by atoms with Gasteiger partial charge in [0.15, 0.2) is 0 Å². The van der Waals surface area contributed by atoms with Gasteiger partial charge in [-0.2, -0.15) is 0 Å². The molecule has 8 heteroatoms. The van der Waals surface area contributed by atoms with Crippen molar-refractivity contribution in [3.63, 3.8) is 0 Å². The molecule has 0 bridgehead atoms. The minimum absolute atomic E-state index is 0.353. The van der Waals surface area contributed by atoms with Crippen molar-refractivity contribution in [3.05, 3.63) is 67.5 Å². The number of hydrogen-bond donors (Lipinski definition) is 2. The van der Waals surface area contributed by atoms with Gasteiger partial charge in [0.25, 0.3) is 0 Å². The summed E-state index contributed by atoms with van der Waals surface area (Å²) < 4.78 is 12.9. The Balaban J connectivity index is 1.72. The maximum atomic E-state index is 11.8. The van der Waals surface area contributed by atoms with Crippen LogP contribution < -0.4 is 20.1 Å². The molecule has 4 aromatic rings. The van der Waals surface area contributed by atoms with Gasteiger partial charge in [-0.25, -0.2) is 9.97 Å². The van der Waals surface area contributed by atoms with Crippen molar-refractivity contribution in [2.24, 2.45) is 7.05 Å². The molecule has 1 amide bonds. The van der Waals surface area contributed by atoms with Gasteiger partial charge in [0, 0.05) is 42.0 Å². The molecule has 2 aromatic carbocycles. The summed E-state index contributed by atoms with van der Waals surface area (Å²) in [6, 6.07) is 13.4. The van der Waals surface area contributed by atoms with Crippen LogP contribution in [0.2, 0.25) is 0 Å². The molecular formula is C24H23N5O3. The van der Waals surface area contributed by atoms with E-state index in [1.165, 1.54) is 13.2 Å². The lowest BCUT2D eigenvalue weighted by Gasteiger charge is -2.16. The molecular weight excluding hydrogens is 406 g/mol. The molecule has 0 saturated carbocycles. The highest BCUT2D eigenvalue weighted by molar-refractivity contribution is 6.00. The number of fused-ring (bicyclic) bond motifs is 1. The number of carbonyl (C=O) groups excluding carboxylic acids is 1. The third kappa shape index (κ3) is 3.98. The largest absolute Gasteiger partial charge is 0.494 e. The summed E-state index contributed by atoms with van der Waals surface area (Å²) in [4.78, 5) is 20.9. The Hall–Kier alpha value is -4.33. The van der Waals surface area contributed by atoms with Crippen molar-refractivity contribution in [2.45, 2.75) is 0 Å². The highest BCUT2D eigenvalue weighted by atomic mass is 16.5. The van der Waals surface area contributed by atoms with E-state index in [1.807, 2.05) is 31.4 Å². The molecule has 0 aliphatic heterocycles. The molecule has 2 heterocycles. The van der Waals surface area contributed by atoms with Crippen LogP contribution in [0.1, 0.15) is 0 Å². The smallest absolute Gasteiger partial charge is 0.247 e. The van der Waals surface area contributed by atoms with Crippen LogP contribution >= 0.6 is 0 Å². The fourth-order valence-corrected chi connectivity index (χ4v) is 3.51. The molecule has 162 valence electrons. The van der Waals surface area contributed by atoms with Gasteiger partial charge in [-0.15, -0.1) is 0 Å². The monoisotopic (exact) mass is 429 g/mol.